The van der Waals surface area contributed by atoms with Gasteiger partial charge in [0.05, 0.1) is 11.1 Å². The second-order valence-corrected chi connectivity index (χ2v) is 5.07. The van der Waals surface area contributed by atoms with E-state index in [1.54, 1.807) is 6.07 Å². The summed E-state index contributed by atoms with van der Waals surface area (Å²) in [5.41, 5.74) is 3.24. The molecule has 7 heteroatoms. The molecule has 20 heavy (non-hydrogen) atoms. The minimum absolute atomic E-state index is 0.0209. The van der Waals surface area contributed by atoms with E-state index in [9.17, 15) is 10.1 Å². The topological polar surface area (TPSA) is 96.7 Å². The average Bonchev–Trinajstić information content (AvgIpc) is 2.88. The van der Waals surface area contributed by atoms with Gasteiger partial charge in [-0.3, -0.25) is 15.2 Å². The van der Waals surface area contributed by atoms with E-state index in [4.69, 9.17) is 0 Å². The molecule has 0 bridgehead atoms. The summed E-state index contributed by atoms with van der Waals surface area (Å²) in [7, 11) is 0. The number of aromatic nitrogens is 3. The zero-order chi connectivity index (χ0) is 14.1. The smallest absolute Gasteiger partial charge is 0.287 e. The standard InChI is InChI=1S/C13H15N5O2/c1-8-4-11(18(19)20)7-14-13(8)16-10-3-2-9-6-15-17-12(9)5-10/h4,6-7,10H,2-3,5H2,1H3,(H,14,16)(H,15,17)/t10-/m0/s1. The molecule has 2 aromatic heterocycles. The van der Waals surface area contributed by atoms with Crippen LogP contribution in [0.4, 0.5) is 11.5 Å². The van der Waals surface area contributed by atoms with Gasteiger partial charge in [-0.25, -0.2) is 4.98 Å². The molecule has 1 atom stereocenters. The minimum atomic E-state index is -0.429. The Bertz CT molecular complexity index is 652. The van der Waals surface area contributed by atoms with Gasteiger partial charge in [-0.1, -0.05) is 0 Å². The first-order valence-electron chi connectivity index (χ1n) is 6.52. The summed E-state index contributed by atoms with van der Waals surface area (Å²) in [5, 5.41) is 21.1. The van der Waals surface area contributed by atoms with Crippen LogP contribution in [0.15, 0.2) is 18.5 Å². The van der Waals surface area contributed by atoms with Crippen molar-refractivity contribution in [3.05, 3.63) is 45.4 Å². The first-order chi connectivity index (χ1) is 9.63. The molecule has 0 fully saturated rings. The Morgan fingerprint density at radius 2 is 2.35 bits per heavy atom. The molecule has 104 valence electrons. The van der Waals surface area contributed by atoms with Crippen LogP contribution in [0.2, 0.25) is 0 Å². The van der Waals surface area contributed by atoms with Crippen molar-refractivity contribution in [3.63, 3.8) is 0 Å². The van der Waals surface area contributed by atoms with Crippen molar-refractivity contribution >= 4 is 11.5 Å². The van der Waals surface area contributed by atoms with Crippen LogP contribution < -0.4 is 5.32 Å². The molecule has 2 aromatic rings. The van der Waals surface area contributed by atoms with Crippen LogP contribution in [0.5, 0.6) is 0 Å². The van der Waals surface area contributed by atoms with E-state index in [0.717, 1.165) is 30.5 Å². The van der Waals surface area contributed by atoms with Crippen molar-refractivity contribution in [2.45, 2.75) is 32.2 Å². The molecule has 0 unspecified atom stereocenters. The summed E-state index contributed by atoms with van der Waals surface area (Å²) in [6.45, 7) is 1.83. The highest BCUT2D eigenvalue weighted by molar-refractivity contribution is 5.49. The number of nitro groups is 1. The van der Waals surface area contributed by atoms with Crippen LogP contribution in [0.25, 0.3) is 0 Å². The molecule has 0 aromatic carbocycles. The number of fused-ring (bicyclic) bond motifs is 1. The van der Waals surface area contributed by atoms with Crippen LogP contribution in [-0.2, 0) is 12.8 Å². The average molecular weight is 273 g/mol. The van der Waals surface area contributed by atoms with E-state index in [1.807, 2.05) is 13.1 Å². The van der Waals surface area contributed by atoms with Crippen LogP contribution in [0.1, 0.15) is 23.2 Å². The highest BCUT2D eigenvalue weighted by Gasteiger charge is 2.21. The lowest BCUT2D eigenvalue weighted by atomic mass is 9.93. The number of nitrogens with zero attached hydrogens (tertiary/aromatic N) is 3. The highest BCUT2D eigenvalue weighted by atomic mass is 16.6. The molecule has 0 spiro atoms. The number of aromatic amines is 1. The number of rotatable bonds is 3. The zero-order valence-electron chi connectivity index (χ0n) is 11.1. The largest absolute Gasteiger partial charge is 0.367 e. The predicted octanol–water partition coefficient (Wildman–Crippen LogP) is 1.99. The fourth-order valence-electron chi connectivity index (χ4n) is 2.54. The number of hydrogen-bond acceptors (Lipinski definition) is 5. The number of pyridine rings is 1. The lowest BCUT2D eigenvalue weighted by Gasteiger charge is -2.23. The number of H-pyrrole nitrogens is 1. The normalized spacial score (nSPS) is 17.6. The maximum absolute atomic E-state index is 10.7. The molecule has 0 saturated carbocycles. The van der Waals surface area contributed by atoms with E-state index >= 15 is 0 Å². The minimum Gasteiger partial charge on any atom is -0.367 e. The van der Waals surface area contributed by atoms with Crippen molar-refractivity contribution < 1.29 is 4.92 Å². The summed E-state index contributed by atoms with van der Waals surface area (Å²) in [5.74, 6) is 0.712. The Labute approximate surface area is 115 Å². The third-order valence-corrected chi connectivity index (χ3v) is 3.64. The van der Waals surface area contributed by atoms with Crippen LogP contribution in [-0.4, -0.2) is 26.1 Å². The first-order valence-corrected chi connectivity index (χ1v) is 6.52. The molecular weight excluding hydrogens is 258 g/mol. The number of hydrogen-bond donors (Lipinski definition) is 2. The first kappa shape index (κ1) is 12.6. The summed E-state index contributed by atoms with van der Waals surface area (Å²) < 4.78 is 0. The molecular formula is C13H15N5O2. The van der Waals surface area contributed by atoms with Crippen LogP contribution >= 0.6 is 0 Å². The quantitative estimate of drug-likeness (QED) is 0.658. The third-order valence-electron chi connectivity index (χ3n) is 3.64. The Kier molecular flexibility index (Phi) is 3.09. The van der Waals surface area contributed by atoms with Crippen molar-refractivity contribution in [1.29, 1.82) is 0 Å². The van der Waals surface area contributed by atoms with Gasteiger partial charge in [0.25, 0.3) is 5.69 Å². The van der Waals surface area contributed by atoms with Gasteiger partial charge in [-0.05, 0) is 30.9 Å². The molecule has 2 heterocycles. The predicted molar refractivity (Wildman–Crippen MR) is 73.7 cm³/mol. The monoisotopic (exact) mass is 273 g/mol. The Morgan fingerprint density at radius 3 is 3.10 bits per heavy atom. The van der Waals surface area contributed by atoms with E-state index in [0.29, 0.717) is 5.82 Å². The van der Waals surface area contributed by atoms with E-state index in [1.165, 1.54) is 11.8 Å². The molecule has 3 rings (SSSR count). The van der Waals surface area contributed by atoms with Gasteiger partial charge in [0.15, 0.2) is 0 Å². The van der Waals surface area contributed by atoms with Crippen molar-refractivity contribution in [3.8, 4) is 0 Å². The molecule has 1 aliphatic rings. The molecule has 0 aliphatic heterocycles. The maximum Gasteiger partial charge on any atom is 0.287 e. The second kappa shape index (κ2) is 4.92. The SMILES string of the molecule is Cc1cc([N+](=O)[O-])cnc1N[C@H]1CCc2cn[nH]c2C1. The van der Waals surface area contributed by atoms with Gasteiger partial charge in [-0.15, -0.1) is 0 Å². The van der Waals surface area contributed by atoms with Gasteiger partial charge in [0.2, 0.25) is 0 Å². The summed E-state index contributed by atoms with van der Waals surface area (Å²) >= 11 is 0. The van der Waals surface area contributed by atoms with Gasteiger partial charge < -0.3 is 5.32 Å². The molecule has 0 radical (unpaired) electrons. The fraction of sp³-hybridized carbons (Fsp3) is 0.385. The lowest BCUT2D eigenvalue weighted by molar-refractivity contribution is -0.385. The highest BCUT2D eigenvalue weighted by Crippen LogP contribution is 2.24. The fourth-order valence-corrected chi connectivity index (χ4v) is 2.54. The Hall–Kier alpha value is -2.44. The molecule has 0 saturated heterocycles. The van der Waals surface area contributed by atoms with Gasteiger partial charge in [0.1, 0.15) is 12.0 Å². The Morgan fingerprint density at radius 1 is 1.50 bits per heavy atom. The van der Waals surface area contributed by atoms with E-state index < -0.39 is 4.92 Å². The molecule has 2 N–H and O–H groups in total. The van der Waals surface area contributed by atoms with Crippen molar-refractivity contribution in [2.75, 3.05) is 5.32 Å². The summed E-state index contributed by atoms with van der Waals surface area (Å²) in [6, 6.07) is 1.82. The van der Waals surface area contributed by atoms with Gasteiger partial charge in [-0.2, -0.15) is 5.10 Å². The maximum atomic E-state index is 10.7. The number of anilines is 1. The third kappa shape index (κ3) is 2.34. The number of aryl methyl sites for hydroxylation is 2. The van der Waals surface area contributed by atoms with Crippen molar-refractivity contribution in [1.82, 2.24) is 15.2 Å². The summed E-state index contributed by atoms with van der Waals surface area (Å²) in [4.78, 5) is 14.4. The van der Waals surface area contributed by atoms with E-state index in [2.05, 4.69) is 20.5 Å². The molecule has 0 amide bonds. The molecule has 1 aliphatic carbocycles. The van der Waals surface area contributed by atoms with E-state index in [-0.39, 0.29) is 11.7 Å². The molecule has 7 nitrogen and oxygen atoms in total. The number of nitrogens with one attached hydrogen (secondary N) is 2. The van der Waals surface area contributed by atoms with Crippen LogP contribution in [0, 0.1) is 17.0 Å². The second-order valence-electron chi connectivity index (χ2n) is 5.07. The zero-order valence-corrected chi connectivity index (χ0v) is 11.1. The lowest BCUT2D eigenvalue weighted by Crippen LogP contribution is -2.28. The Balaban J connectivity index is 1.74. The van der Waals surface area contributed by atoms with Crippen molar-refractivity contribution in [2.24, 2.45) is 0 Å². The summed E-state index contributed by atoms with van der Waals surface area (Å²) in [6.07, 6.45) is 6.02. The van der Waals surface area contributed by atoms with Gasteiger partial charge in [0, 0.05) is 24.2 Å². The van der Waals surface area contributed by atoms with Gasteiger partial charge >= 0.3 is 0 Å². The van der Waals surface area contributed by atoms with Crippen LogP contribution in [0.3, 0.4) is 0 Å².